The highest BCUT2D eigenvalue weighted by atomic mass is 19.1. The van der Waals surface area contributed by atoms with Gasteiger partial charge in [-0.1, -0.05) is 29.8 Å². The number of nitrogens with zero attached hydrogens (tertiary/aromatic N) is 2. The highest BCUT2D eigenvalue weighted by Crippen LogP contribution is 2.25. The van der Waals surface area contributed by atoms with E-state index < -0.39 is 0 Å². The molecule has 28 heavy (non-hydrogen) atoms. The minimum absolute atomic E-state index is 0.242. The van der Waals surface area contributed by atoms with Crippen LogP contribution in [0.25, 0.3) is 22.4 Å². The Morgan fingerprint density at radius 3 is 2.54 bits per heavy atom. The molecule has 0 amide bonds. The van der Waals surface area contributed by atoms with Crippen LogP contribution < -0.4 is 4.74 Å². The Kier molecular flexibility index (Phi) is 5.11. The van der Waals surface area contributed by atoms with Crippen molar-refractivity contribution < 1.29 is 9.13 Å². The molecule has 0 aliphatic heterocycles. The maximum Gasteiger partial charge on any atom is 0.141 e. The minimum atomic E-state index is -0.242. The second-order valence-electron chi connectivity index (χ2n) is 7.05. The van der Waals surface area contributed by atoms with Crippen LogP contribution in [0.2, 0.25) is 0 Å². The molecule has 0 N–H and O–H groups in total. The van der Waals surface area contributed by atoms with Crippen LogP contribution in [-0.2, 0) is 6.54 Å². The summed E-state index contributed by atoms with van der Waals surface area (Å²) in [6.45, 7) is 5.55. The van der Waals surface area contributed by atoms with Crippen molar-refractivity contribution in [1.29, 1.82) is 0 Å². The minimum Gasteiger partial charge on any atom is -0.493 e. The Labute approximate surface area is 164 Å². The Balaban J connectivity index is 1.54. The molecule has 4 heteroatoms. The first-order valence-electron chi connectivity index (χ1n) is 9.53. The molecule has 0 saturated heterocycles. The topological polar surface area (TPSA) is 27.1 Å². The van der Waals surface area contributed by atoms with Crippen molar-refractivity contribution in [2.75, 3.05) is 6.61 Å². The molecular formula is C24H23FN2O. The Morgan fingerprint density at radius 2 is 1.75 bits per heavy atom. The fourth-order valence-electron chi connectivity index (χ4n) is 3.49. The number of rotatable bonds is 6. The highest BCUT2D eigenvalue weighted by molar-refractivity contribution is 5.80. The van der Waals surface area contributed by atoms with Crippen molar-refractivity contribution in [2.24, 2.45) is 0 Å². The zero-order valence-corrected chi connectivity index (χ0v) is 16.2. The Morgan fingerprint density at radius 1 is 0.964 bits per heavy atom. The van der Waals surface area contributed by atoms with E-state index >= 15 is 0 Å². The first-order chi connectivity index (χ1) is 13.6. The average Bonchev–Trinajstić information content (AvgIpc) is 3.06. The number of aromatic nitrogens is 2. The standard InChI is InChI=1S/C24H23FN2O/c1-17-8-13-23(18(2)16-17)28-15-5-14-27-22-7-4-3-6-21(22)26-24(27)19-9-11-20(25)12-10-19/h3-4,6-13,16H,5,14-15H2,1-2H3. The van der Waals surface area contributed by atoms with E-state index in [1.54, 1.807) is 12.1 Å². The van der Waals surface area contributed by atoms with Gasteiger partial charge in [0.25, 0.3) is 0 Å². The van der Waals surface area contributed by atoms with Crippen molar-refractivity contribution in [3.63, 3.8) is 0 Å². The lowest BCUT2D eigenvalue weighted by Gasteiger charge is -2.12. The lowest BCUT2D eigenvalue weighted by Crippen LogP contribution is -2.06. The van der Waals surface area contributed by atoms with Crippen LogP contribution in [0.4, 0.5) is 4.39 Å². The van der Waals surface area contributed by atoms with Crippen molar-refractivity contribution in [3.05, 3.63) is 83.7 Å². The summed E-state index contributed by atoms with van der Waals surface area (Å²) in [5, 5.41) is 0. The molecule has 142 valence electrons. The summed E-state index contributed by atoms with van der Waals surface area (Å²) in [5.74, 6) is 1.54. The van der Waals surface area contributed by atoms with E-state index in [4.69, 9.17) is 9.72 Å². The van der Waals surface area contributed by atoms with E-state index in [2.05, 4.69) is 36.6 Å². The van der Waals surface area contributed by atoms with E-state index in [0.717, 1.165) is 46.7 Å². The molecule has 0 unspecified atom stereocenters. The second kappa shape index (κ2) is 7.85. The largest absolute Gasteiger partial charge is 0.493 e. The lowest BCUT2D eigenvalue weighted by atomic mass is 10.1. The summed E-state index contributed by atoms with van der Waals surface area (Å²) in [7, 11) is 0. The number of aryl methyl sites for hydroxylation is 3. The van der Waals surface area contributed by atoms with Crippen LogP contribution in [0.5, 0.6) is 5.75 Å². The quantitative estimate of drug-likeness (QED) is 0.391. The number of hydrogen-bond donors (Lipinski definition) is 0. The van der Waals surface area contributed by atoms with E-state index in [-0.39, 0.29) is 5.82 Å². The molecule has 0 aliphatic rings. The monoisotopic (exact) mass is 374 g/mol. The summed E-state index contributed by atoms with van der Waals surface area (Å²) in [6.07, 6.45) is 0.849. The van der Waals surface area contributed by atoms with Crippen LogP contribution in [0.15, 0.2) is 66.7 Å². The van der Waals surface area contributed by atoms with Gasteiger partial charge in [-0.2, -0.15) is 0 Å². The van der Waals surface area contributed by atoms with Crippen molar-refractivity contribution in [3.8, 4) is 17.1 Å². The number of imidazole rings is 1. The maximum atomic E-state index is 13.3. The van der Waals surface area contributed by atoms with Gasteiger partial charge in [0.2, 0.25) is 0 Å². The van der Waals surface area contributed by atoms with Gasteiger partial charge in [-0.25, -0.2) is 9.37 Å². The summed E-state index contributed by atoms with van der Waals surface area (Å²) in [4.78, 5) is 4.77. The molecule has 0 saturated carbocycles. The molecule has 3 nitrogen and oxygen atoms in total. The third-order valence-corrected chi connectivity index (χ3v) is 4.87. The van der Waals surface area contributed by atoms with Gasteiger partial charge in [-0.15, -0.1) is 0 Å². The van der Waals surface area contributed by atoms with Crippen LogP contribution in [0, 0.1) is 19.7 Å². The lowest BCUT2D eigenvalue weighted by molar-refractivity contribution is 0.301. The number of hydrogen-bond acceptors (Lipinski definition) is 2. The second-order valence-corrected chi connectivity index (χ2v) is 7.05. The molecule has 0 fully saturated rings. The number of fused-ring (bicyclic) bond motifs is 1. The SMILES string of the molecule is Cc1ccc(OCCCn2c(-c3ccc(F)cc3)nc3ccccc32)c(C)c1. The van der Waals surface area contributed by atoms with Gasteiger partial charge in [-0.3, -0.25) is 0 Å². The number of ether oxygens (including phenoxy) is 1. The summed E-state index contributed by atoms with van der Waals surface area (Å²) < 4.78 is 21.5. The van der Waals surface area contributed by atoms with Gasteiger partial charge >= 0.3 is 0 Å². The smallest absolute Gasteiger partial charge is 0.141 e. The number of halogens is 1. The van der Waals surface area contributed by atoms with Crippen molar-refractivity contribution >= 4 is 11.0 Å². The molecule has 0 atom stereocenters. The van der Waals surface area contributed by atoms with Gasteiger partial charge in [0.05, 0.1) is 17.6 Å². The third kappa shape index (κ3) is 3.77. The molecule has 0 spiro atoms. The van der Waals surface area contributed by atoms with Crippen molar-refractivity contribution in [2.45, 2.75) is 26.8 Å². The third-order valence-electron chi connectivity index (χ3n) is 4.87. The molecule has 4 aromatic rings. The van der Waals surface area contributed by atoms with Crippen LogP contribution >= 0.6 is 0 Å². The first-order valence-corrected chi connectivity index (χ1v) is 9.53. The summed E-state index contributed by atoms with van der Waals surface area (Å²) in [5.41, 5.74) is 5.32. The predicted molar refractivity (Wildman–Crippen MR) is 111 cm³/mol. The van der Waals surface area contributed by atoms with E-state index in [1.807, 2.05) is 24.3 Å². The maximum absolute atomic E-state index is 13.3. The van der Waals surface area contributed by atoms with E-state index in [9.17, 15) is 4.39 Å². The highest BCUT2D eigenvalue weighted by Gasteiger charge is 2.12. The van der Waals surface area contributed by atoms with Crippen LogP contribution in [0.3, 0.4) is 0 Å². The average molecular weight is 374 g/mol. The van der Waals surface area contributed by atoms with Gasteiger partial charge in [-0.05, 0) is 68.3 Å². The fraction of sp³-hybridized carbons (Fsp3) is 0.208. The zero-order chi connectivity index (χ0) is 19.5. The van der Waals surface area contributed by atoms with Gasteiger partial charge in [0.1, 0.15) is 17.4 Å². The Hall–Kier alpha value is -3.14. The van der Waals surface area contributed by atoms with Gasteiger partial charge in [0.15, 0.2) is 0 Å². The normalized spacial score (nSPS) is 11.1. The molecule has 4 rings (SSSR count). The number of para-hydroxylation sites is 2. The van der Waals surface area contributed by atoms with Crippen LogP contribution in [-0.4, -0.2) is 16.2 Å². The fourth-order valence-corrected chi connectivity index (χ4v) is 3.49. The number of benzene rings is 3. The van der Waals surface area contributed by atoms with Crippen LogP contribution in [0.1, 0.15) is 17.5 Å². The molecule has 3 aromatic carbocycles. The van der Waals surface area contributed by atoms with E-state index in [1.165, 1.54) is 17.7 Å². The first kappa shape index (κ1) is 18.2. The summed E-state index contributed by atoms with van der Waals surface area (Å²) >= 11 is 0. The molecule has 0 bridgehead atoms. The van der Waals surface area contributed by atoms with Crippen molar-refractivity contribution in [1.82, 2.24) is 9.55 Å². The predicted octanol–water partition coefficient (Wildman–Crippen LogP) is 5.93. The van der Waals surface area contributed by atoms with Gasteiger partial charge in [0, 0.05) is 12.1 Å². The molecule has 1 heterocycles. The van der Waals surface area contributed by atoms with Gasteiger partial charge < -0.3 is 9.30 Å². The Bertz CT molecular complexity index is 1100. The zero-order valence-electron chi connectivity index (χ0n) is 16.2. The summed E-state index contributed by atoms with van der Waals surface area (Å²) in [6, 6.07) is 20.8. The molecular weight excluding hydrogens is 351 g/mol. The molecule has 0 aliphatic carbocycles. The molecule has 0 radical (unpaired) electrons. The molecule has 1 aromatic heterocycles. The van der Waals surface area contributed by atoms with E-state index in [0.29, 0.717) is 6.61 Å².